The topological polar surface area (TPSA) is 75.7 Å². The molecule has 1 rings (SSSR count). The van der Waals surface area contributed by atoms with Gasteiger partial charge < -0.3 is 5.73 Å². The summed E-state index contributed by atoms with van der Waals surface area (Å²) in [6.45, 7) is 8.13. The van der Waals surface area contributed by atoms with Gasteiger partial charge in [0.15, 0.2) is 5.16 Å². The number of nitrogens with two attached hydrogens (primary N) is 1. The number of thioether (sulfide) groups is 1. The van der Waals surface area contributed by atoms with Gasteiger partial charge in [-0.05, 0) is 32.8 Å². The van der Waals surface area contributed by atoms with Crippen LogP contribution in [-0.2, 0) is 0 Å². The average molecular weight is 252 g/mol. The van der Waals surface area contributed by atoms with Gasteiger partial charge in [-0.15, -0.1) is 0 Å². The van der Waals surface area contributed by atoms with Crippen molar-refractivity contribution in [3.8, 4) is 0 Å². The Hall–Kier alpha value is -1.10. The van der Waals surface area contributed by atoms with Crippen LogP contribution in [-0.4, -0.2) is 21.1 Å². The van der Waals surface area contributed by atoms with E-state index in [0.29, 0.717) is 6.42 Å². The fourth-order valence-electron chi connectivity index (χ4n) is 1.46. The molecule has 0 aromatic carbocycles. The van der Waals surface area contributed by atoms with Crippen molar-refractivity contribution in [3.05, 3.63) is 17.0 Å². The van der Waals surface area contributed by atoms with E-state index in [0.717, 1.165) is 28.5 Å². The molecule has 0 bridgehead atoms. The lowest BCUT2D eigenvalue weighted by atomic mass is 10.2. The van der Waals surface area contributed by atoms with Gasteiger partial charge >= 0.3 is 0 Å². The lowest BCUT2D eigenvalue weighted by molar-refractivity contribution is 0.825. The maximum atomic E-state index is 7.34. The first kappa shape index (κ1) is 14.0. The van der Waals surface area contributed by atoms with Crippen molar-refractivity contribution in [1.29, 1.82) is 5.41 Å². The third kappa shape index (κ3) is 4.00. The first-order chi connectivity index (χ1) is 7.93. The molecule has 0 radical (unpaired) electrons. The summed E-state index contributed by atoms with van der Waals surface area (Å²) in [5.74, 6) is 0.227. The Bertz CT molecular complexity index is 394. The maximum Gasteiger partial charge on any atom is 0.188 e. The Morgan fingerprint density at radius 3 is 2.24 bits per heavy atom. The molecule has 1 atom stereocenters. The van der Waals surface area contributed by atoms with E-state index in [2.05, 4.69) is 16.9 Å². The zero-order valence-corrected chi connectivity index (χ0v) is 11.7. The van der Waals surface area contributed by atoms with Gasteiger partial charge in [-0.25, -0.2) is 9.97 Å². The third-order valence-electron chi connectivity index (χ3n) is 2.79. The predicted molar refractivity (Wildman–Crippen MR) is 72.7 cm³/mol. The van der Waals surface area contributed by atoms with Crippen LogP contribution in [0.5, 0.6) is 0 Å². The van der Waals surface area contributed by atoms with E-state index in [4.69, 9.17) is 11.1 Å². The number of hydrogen-bond donors (Lipinski definition) is 2. The van der Waals surface area contributed by atoms with Crippen molar-refractivity contribution in [2.24, 2.45) is 5.73 Å². The summed E-state index contributed by atoms with van der Waals surface area (Å²) in [4.78, 5) is 8.94. The summed E-state index contributed by atoms with van der Waals surface area (Å²) in [7, 11) is 0. The van der Waals surface area contributed by atoms with Crippen LogP contribution in [0.4, 0.5) is 0 Å². The van der Waals surface area contributed by atoms with Gasteiger partial charge in [-0.2, -0.15) is 0 Å². The maximum absolute atomic E-state index is 7.34. The molecule has 0 saturated carbocycles. The van der Waals surface area contributed by atoms with Crippen molar-refractivity contribution < 1.29 is 0 Å². The minimum atomic E-state index is 0.227. The van der Waals surface area contributed by atoms with Crippen LogP contribution < -0.4 is 5.73 Å². The highest BCUT2D eigenvalue weighted by atomic mass is 32.2. The van der Waals surface area contributed by atoms with Crippen molar-refractivity contribution in [2.45, 2.75) is 50.9 Å². The molecule has 1 aromatic rings. The molecule has 17 heavy (non-hydrogen) atoms. The number of nitrogens with zero attached hydrogens (tertiary/aromatic N) is 2. The molecule has 5 heteroatoms. The van der Waals surface area contributed by atoms with Crippen molar-refractivity contribution >= 4 is 17.6 Å². The first-order valence-corrected chi connectivity index (χ1v) is 6.63. The van der Waals surface area contributed by atoms with Crippen LogP contribution in [0, 0.1) is 26.2 Å². The van der Waals surface area contributed by atoms with E-state index >= 15 is 0 Å². The Morgan fingerprint density at radius 1 is 1.29 bits per heavy atom. The number of amidine groups is 1. The SMILES string of the molecule is CCC(CC(=N)N)Sc1nc(C)c(C)c(C)n1. The van der Waals surface area contributed by atoms with Crippen molar-refractivity contribution in [1.82, 2.24) is 9.97 Å². The number of rotatable bonds is 5. The van der Waals surface area contributed by atoms with Gasteiger partial charge in [0, 0.05) is 23.1 Å². The largest absolute Gasteiger partial charge is 0.388 e. The van der Waals surface area contributed by atoms with Gasteiger partial charge in [0.05, 0.1) is 5.84 Å². The van der Waals surface area contributed by atoms with Gasteiger partial charge in [-0.1, -0.05) is 18.7 Å². The standard InChI is InChI=1S/C12H20N4S/c1-5-10(6-11(13)14)17-12-15-8(3)7(2)9(4)16-12/h10H,5-6H2,1-4H3,(H3,13,14). The highest BCUT2D eigenvalue weighted by Gasteiger charge is 2.13. The second-order valence-corrected chi connectivity index (χ2v) is 5.45. The molecule has 1 heterocycles. The fourth-order valence-corrected chi connectivity index (χ4v) is 2.56. The van der Waals surface area contributed by atoms with Crippen molar-refractivity contribution in [3.63, 3.8) is 0 Å². The van der Waals surface area contributed by atoms with E-state index in [1.54, 1.807) is 11.8 Å². The summed E-state index contributed by atoms with van der Waals surface area (Å²) < 4.78 is 0. The van der Waals surface area contributed by atoms with E-state index in [1.165, 1.54) is 0 Å². The van der Waals surface area contributed by atoms with E-state index < -0.39 is 0 Å². The van der Waals surface area contributed by atoms with Gasteiger partial charge in [0.2, 0.25) is 0 Å². The second-order valence-electron chi connectivity index (χ2n) is 4.18. The molecule has 0 aliphatic carbocycles. The molecule has 94 valence electrons. The summed E-state index contributed by atoms with van der Waals surface area (Å²) in [5.41, 5.74) is 8.63. The smallest absolute Gasteiger partial charge is 0.188 e. The molecule has 1 aromatic heterocycles. The predicted octanol–water partition coefficient (Wildman–Crippen LogP) is 2.60. The van der Waals surface area contributed by atoms with Crippen LogP contribution in [0.2, 0.25) is 0 Å². The molecule has 4 nitrogen and oxygen atoms in total. The highest BCUT2D eigenvalue weighted by molar-refractivity contribution is 7.99. The summed E-state index contributed by atoms with van der Waals surface area (Å²) in [6.07, 6.45) is 1.55. The Balaban J connectivity index is 2.83. The number of aryl methyl sites for hydroxylation is 2. The van der Waals surface area contributed by atoms with Crippen LogP contribution in [0.3, 0.4) is 0 Å². The van der Waals surface area contributed by atoms with Gasteiger partial charge in [0.25, 0.3) is 0 Å². The zero-order chi connectivity index (χ0) is 13.0. The molecule has 0 amide bonds. The molecular weight excluding hydrogens is 232 g/mol. The quantitative estimate of drug-likeness (QED) is 0.365. The summed E-state index contributed by atoms with van der Waals surface area (Å²) >= 11 is 1.61. The number of nitrogens with one attached hydrogen (secondary N) is 1. The molecule has 1 unspecified atom stereocenters. The van der Waals surface area contributed by atoms with Crippen molar-refractivity contribution in [2.75, 3.05) is 0 Å². The Kier molecular flexibility index (Phi) is 4.93. The van der Waals surface area contributed by atoms with Gasteiger partial charge in [0.1, 0.15) is 0 Å². The van der Waals surface area contributed by atoms with Crippen LogP contribution in [0.15, 0.2) is 5.16 Å². The fraction of sp³-hybridized carbons (Fsp3) is 0.583. The van der Waals surface area contributed by atoms with Crippen LogP contribution in [0.1, 0.15) is 36.7 Å². The second kappa shape index (κ2) is 6.00. The third-order valence-corrected chi connectivity index (χ3v) is 4.01. The molecular formula is C12H20N4S. The summed E-state index contributed by atoms with van der Waals surface area (Å²) in [6, 6.07) is 0. The lowest BCUT2D eigenvalue weighted by Crippen LogP contribution is -2.17. The zero-order valence-electron chi connectivity index (χ0n) is 10.9. The van der Waals surface area contributed by atoms with Gasteiger partial charge in [-0.3, -0.25) is 5.41 Å². The average Bonchev–Trinajstić information content (AvgIpc) is 2.24. The molecule has 3 N–H and O–H groups in total. The van der Waals surface area contributed by atoms with E-state index in [9.17, 15) is 0 Å². The normalized spacial score (nSPS) is 12.5. The summed E-state index contributed by atoms with van der Waals surface area (Å²) in [5, 5.41) is 8.41. The Morgan fingerprint density at radius 2 is 1.82 bits per heavy atom. The number of hydrogen-bond acceptors (Lipinski definition) is 4. The molecule has 0 aliphatic heterocycles. The minimum Gasteiger partial charge on any atom is -0.388 e. The van der Waals surface area contributed by atoms with E-state index in [-0.39, 0.29) is 11.1 Å². The highest BCUT2D eigenvalue weighted by Crippen LogP contribution is 2.25. The number of aromatic nitrogens is 2. The van der Waals surface area contributed by atoms with E-state index in [1.807, 2.05) is 20.8 Å². The first-order valence-electron chi connectivity index (χ1n) is 5.75. The molecule has 0 saturated heterocycles. The molecule has 0 aliphatic rings. The lowest BCUT2D eigenvalue weighted by Gasteiger charge is -2.13. The van der Waals surface area contributed by atoms with Crippen LogP contribution in [0.25, 0.3) is 0 Å². The van der Waals surface area contributed by atoms with Crippen LogP contribution >= 0.6 is 11.8 Å². The molecule has 0 fully saturated rings. The minimum absolute atomic E-state index is 0.227. The molecule has 0 spiro atoms. The monoisotopic (exact) mass is 252 g/mol. The Labute approximate surface area is 107 Å².